The van der Waals surface area contributed by atoms with Crippen molar-refractivity contribution in [3.8, 4) is 0 Å². The lowest BCUT2D eigenvalue weighted by atomic mass is 10.1. The van der Waals surface area contributed by atoms with Crippen LogP contribution in [0.15, 0.2) is 0 Å². The summed E-state index contributed by atoms with van der Waals surface area (Å²) in [7, 11) is 1.88. The number of likely N-dealkylation sites (N-methyl/N-ethyl adjacent to an activating group) is 1. The van der Waals surface area contributed by atoms with Crippen LogP contribution in [0.2, 0.25) is 0 Å². The zero-order valence-corrected chi connectivity index (χ0v) is 11.8. The second-order valence-electron chi connectivity index (χ2n) is 5.84. The molecule has 0 bridgehead atoms. The third-order valence-electron chi connectivity index (χ3n) is 2.82. The highest BCUT2D eigenvalue weighted by Gasteiger charge is 2.19. The second-order valence-corrected chi connectivity index (χ2v) is 5.84. The summed E-state index contributed by atoms with van der Waals surface area (Å²) in [6, 6.07) is 0. The smallest absolute Gasteiger partial charge is 0.0900 e. The van der Waals surface area contributed by atoms with Crippen molar-refractivity contribution in [1.82, 2.24) is 4.90 Å². The number of aliphatic hydroxyl groups excluding tert-OH is 1. The van der Waals surface area contributed by atoms with Crippen LogP contribution in [0.5, 0.6) is 0 Å². The quantitative estimate of drug-likeness (QED) is 0.655. The number of hydrogen-bond acceptors (Lipinski definition) is 5. The Morgan fingerprint density at radius 1 is 1.50 bits per heavy atom. The van der Waals surface area contributed by atoms with E-state index in [2.05, 4.69) is 0 Å². The molecule has 0 saturated carbocycles. The average Bonchev–Trinajstić information content (AvgIpc) is 2.66. The highest BCUT2D eigenvalue weighted by Crippen LogP contribution is 2.12. The van der Waals surface area contributed by atoms with E-state index in [1.165, 1.54) is 0 Å². The lowest BCUT2D eigenvalue weighted by Crippen LogP contribution is -2.41. The molecule has 0 aromatic rings. The molecule has 0 aromatic carbocycles. The van der Waals surface area contributed by atoms with E-state index >= 15 is 0 Å². The van der Waals surface area contributed by atoms with Gasteiger partial charge in [0.05, 0.1) is 31.0 Å². The van der Waals surface area contributed by atoms with E-state index in [0.29, 0.717) is 26.3 Å². The molecule has 1 fully saturated rings. The third kappa shape index (κ3) is 7.28. The number of ether oxygens (including phenoxy) is 2. The van der Waals surface area contributed by atoms with Gasteiger partial charge in [0.25, 0.3) is 0 Å². The molecule has 1 aliphatic rings. The fourth-order valence-electron chi connectivity index (χ4n) is 2.25. The topological polar surface area (TPSA) is 62.2 Å². The molecule has 108 valence electrons. The maximum Gasteiger partial charge on any atom is 0.0900 e. The highest BCUT2D eigenvalue weighted by atomic mass is 16.5. The van der Waals surface area contributed by atoms with E-state index in [1.807, 2.05) is 11.9 Å². The van der Waals surface area contributed by atoms with Crippen molar-refractivity contribution >= 4 is 0 Å². The van der Waals surface area contributed by atoms with Crippen LogP contribution in [0.3, 0.4) is 0 Å². The van der Waals surface area contributed by atoms with Crippen molar-refractivity contribution in [2.75, 3.05) is 40.0 Å². The van der Waals surface area contributed by atoms with Crippen molar-refractivity contribution in [2.45, 2.75) is 44.5 Å². The molecule has 1 rings (SSSR count). The normalized spacial score (nSPS) is 22.7. The molecule has 5 heteroatoms. The minimum atomic E-state index is -0.743. The monoisotopic (exact) mass is 261 g/mol. The van der Waals surface area contributed by atoms with Crippen LogP contribution in [-0.2, 0) is 9.47 Å². The molecule has 2 N–H and O–H groups in total. The van der Waals surface area contributed by atoms with Gasteiger partial charge in [-0.1, -0.05) is 0 Å². The molecule has 2 unspecified atom stereocenters. The Labute approximate surface area is 110 Å². The van der Waals surface area contributed by atoms with Crippen molar-refractivity contribution < 1.29 is 19.7 Å². The lowest BCUT2D eigenvalue weighted by molar-refractivity contribution is -0.0301. The van der Waals surface area contributed by atoms with Crippen LogP contribution in [0.4, 0.5) is 0 Å². The SMILES string of the molecule is CN(CC(O)COCC1CCCO1)CC(C)(C)O. The molecule has 1 heterocycles. The van der Waals surface area contributed by atoms with Crippen LogP contribution >= 0.6 is 0 Å². The Hall–Kier alpha value is -0.200. The van der Waals surface area contributed by atoms with Gasteiger partial charge in [0.2, 0.25) is 0 Å². The molecule has 18 heavy (non-hydrogen) atoms. The minimum Gasteiger partial charge on any atom is -0.389 e. The number of aliphatic hydroxyl groups is 2. The third-order valence-corrected chi connectivity index (χ3v) is 2.82. The van der Waals surface area contributed by atoms with Crippen LogP contribution < -0.4 is 0 Å². The second kappa shape index (κ2) is 7.40. The van der Waals surface area contributed by atoms with Gasteiger partial charge in [0.1, 0.15) is 0 Å². The van der Waals surface area contributed by atoms with E-state index in [4.69, 9.17) is 9.47 Å². The number of hydrogen-bond donors (Lipinski definition) is 2. The summed E-state index contributed by atoms with van der Waals surface area (Å²) >= 11 is 0. The van der Waals surface area contributed by atoms with Crippen molar-refractivity contribution in [3.63, 3.8) is 0 Å². The van der Waals surface area contributed by atoms with E-state index in [0.717, 1.165) is 19.4 Å². The Kier molecular flexibility index (Phi) is 6.52. The van der Waals surface area contributed by atoms with Gasteiger partial charge in [-0.05, 0) is 33.7 Å². The molecular formula is C13H27NO4. The zero-order valence-electron chi connectivity index (χ0n) is 11.8. The fourth-order valence-corrected chi connectivity index (χ4v) is 2.25. The van der Waals surface area contributed by atoms with Gasteiger partial charge < -0.3 is 24.6 Å². The molecule has 0 spiro atoms. The molecular weight excluding hydrogens is 234 g/mol. The van der Waals surface area contributed by atoms with E-state index < -0.39 is 11.7 Å². The maximum absolute atomic E-state index is 9.80. The standard InChI is InChI=1S/C13H27NO4/c1-13(2,16)10-14(3)7-11(15)8-17-9-12-5-4-6-18-12/h11-12,15-16H,4-10H2,1-3H3. The largest absolute Gasteiger partial charge is 0.389 e. The molecule has 1 saturated heterocycles. The molecule has 0 amide bonds. The van der Waals surface area contributed by atoms with Crippen molar-refractivity contribution in [3.05, 3.63) is 0 Å². The Balaban J connectivity index is 2.07. The minimum absolute atomic E-state index is 0.200. The fraction of sp³-hybridized carbons (Fsp3) is 1.00. The first-order chi connectivity index (χ1) is 8.37. The van der Waals surface area contributed by atoms with Gasteiger partial charge in [-0.3, -0.25) is 0 Å². The maximum atomic E-state index is 9.80. The summed E-state index contributed by atoms with van der Waals surface area (Å²) in [4.78, 5) is 1.90. The summed E-state index contributed by atoms with van der Waals surface area (Å²) in [5, 5.41) is 19.5. The molecule has 1 aliphatic heterocycles. The lowest BCUT2D eigenvalue weighted by Gasteiger charge is -2.27. The predicted octanol–water partition coefficient (Wildman–Crippen LogP) is 0.246. The zero-order chi connectivity index (χ0) is 13.6. The number of nitrogens with zero attached hydrogens (tertiary/aromatic N) is 1. The van der Waals surface area contributed by atoms with Gasteiger partial charge in [-0.2, -0.15) is 0 Å². The molecule has 0 aromatic heterocycles. The number of rotatable bonds is 8. The first-order valence-electron chi connectivity index (χ1n) is 6.65. The molecule has 0 radical (unpaired) electrons. The van der Waals surface area contributed by atoms with Gasteiger partial charge in [0.15, 0.2) is 0 Å². The van der Waals surface area contributed by atoms with E-state index in [-0.39, 0.29) is 6.10 Å². The van der Waals surface area contributed by atoms with Gasteiger partial charge in [-0.15, -0.1) is 0 Å². The van der Waals surface area contributed by atoms with Crippen LogP contribution in [0, 0.1) is 0 Å². The average molecular weight is 261 g/mol. The summed E-state index contributed by atoms with van der Waals surface area (Å²) in [5.74, 6) is 0. The predicted molar refractivity (Wildman–Crippen MR) is 69.6 cm³/mol. The molecule has 0 aliphatic carbocycles. The first-order valence-corrected chi connectivity index (χ1v) is 6.65. The summed E-state index contributed by atoms with van der Waals surface area (Å²) in [6.45, 7) is 6.23. The summed E-state index contributed by atoms with van der Waals surface area (Å²) < 4.78 is 10.9. The first kappa shape index (κ1) is 15.9. The van der Waals surface area contributed by atoms with E-state index in [9.17, 15) is 10.2 Å². The van der Waals surface area contributed by atoms with Crippen LogP contribution in [0.1, 0.15) is 26.7 Å². The molecule has 5 nitrogen and oxygen atoms in total. The Morgan fingerprint density at radius 2 is 2.22 bits per heavy atom. The summed E-state index contributed by atoms with van der Waals surface area (Å²) in [6.07, 6.45) is 1.82. The Morgan fingerprint density at radius 3 is 2.78 bits per heavy atom. The van der Waals surface area contributed by atoms with Crippen molar-refractivity contribution in [2.24, 2.45) is 0 Å². The van der Waals surface area contributed by atoms with Crippen LogP contribution in [0.25, 0.3) is 0 Å². The van der Waals surface area contributed by atoms with Gasteiger partial charge >= 0.3 is 0 Å². The van der Waals surface area contributed by atoms with E-state index in [1.54, 1.807) is 13.8 Å². The van der Waals surface area contributed by atoms with Gasteiger partial charge in [0, 0.05) is 19.7 Å². The summed E-state index contributed by atoms with van der Waals surface area (Å²) in [5.41, 5.74) is -0.743. The van der Waals surface area contributed by atoms with Gasteiger partial charge in [-0.25, -0.2) is 0 Å². The Bertz CT molecular complexity index is 224. The highest BCUT2D eigenvalue weighted by molar-refractivity contribution is 4.72. The molecule has 2 atom stereocenters. The van der Waals surface area contributed by atoms with Crippen molar-refractivity contribution in [1.29, 1.82) is 0 Å². The van der Waals surface area contributed by atoms with Crippen LogP contribution in [-0.4, -0.2) is 72.9 Å².